The van der Waals surface area contributed by atoms with Crippen LogP contribution in [0.1, 0.15) is 245 Å². The van der Waals surface area contributed by atoms with Crippen LogP contribution >= 0.6 is 0 Å². The van der Waals surface area contributed by atoms with Gasteiger partial charge in [-0.15, -0.1) is 0 Å². The lowest BCUT2D eigenvalue weighted by Gasteiger charge is -2.24. The van der Waals surface area contributed by atoms with Crippen molar-refractivity contribution in [2.75, 3.05) is 6.61 Å². The minimum absolute atomic E-state index is 0.0617. The molecule has 58 heavy (non-hydrogen) atoms. The van der Waals surface area contributed by atoms with Gasteiger partial charge in [0.1, 0.15) is 6.10 Å². The Morgan fingerprint density at radius 2 is 0.966 bits per heavy atom. The Bertz CT molecular complexity index is 1000. The van der Waals surface area contributed by atoms with Gasteiger partial charge in [0.15, 0.2) is 0 Å². The van der Waals surface area contributed by atoms with Crippen LogP contribution in [0.4, 0.5) is 0 Å². The molecule has 6 nitrogen and oxygen atoms in total. The highest BCUT2D eigenvalue weighted by Gasteiger charge is 2.24. The Morgan fingerprint density at radius 1 is 0.517 bits per heavy atom. The van der Waals surface area contributed by atoms with E-state index >= 15 is 0 Å². The van der Waals surface area contributed by atoms with E-state index in [1.165, 1.54) is 116 Å². The lowest BCUT2D eigenvalue weighted by atomic mass is 10.0. The predicted octanol–water partition coefficient (Wildman–Crippen LogP) is 14.7. The van der Waals surface area contributed by atoms with E-state index in [9.17, 15) is 19.8 Å². The molecule has 0 heterocycles. The van der Waals surface area contributed by atoms with Crippen LogP contribution < -0.4 is 5.32 Å². The number of unbranched alkanes of at least 4 members (excludes halogenated alkanes) is 26. The van der Waals surface area contributed by atoms with Crippen LogP contribution in [0.2, 0.25) is 0 Å². The molecule has 0 aromatic rings. The summed E-state index contributed by atoms with van der Waals surface area (Å²) in [5.41, 5.74) is 0. The minimum atomic E-state index is -0.792. The van der Waals surface area contributed by atoms with Crippen molar-refractivity contribution < 1.29 is 24.5 Å². The van der Waals surface area contributed by atoms with Gasteiger partial charge >= 0.3 is 5.97 Å². The minimum Gasteiger partial charge on any atom is -0.462 e. The summed E-state index contributed by atoms with van der Waals surface area (Å²) in [5, 5.41) is 23.7. The van der Waals surface area contributed by atoms with Gasteiger partial charge in [0.05, 0.1) is 25.2 Å². The molecule has 0 saturated carbocycles. The number of hydrogen-bond acceptors (Lipinski definition) is 5. The summed E-state index contributed by atoms with van der Waals surface area (Å²) in [6.45, 7) is 6.31. The van der Waals surface area contributed by atoms with E-state index in [1.807, 2.05) is 0 Å². The standard InChI is InChI=1S/C52H95NO5/c1-4-7-10-13-16-19-21-23-25-27-29-32-35-38-41-44-50(55)49(47-54)53-51(56)46-48(43-40-37-34-31-18-15-12-9-6-3)58-52(57)45-42-39-36-33-30-28-26-24-22-20-17-14-11-8-5-2/h8,11,14-15,17-18,20,22,48-50,54-55H,4-7,9-10,12-13,16,19,21,23-47H2,1-3H3,(H,53,56)/b11-8+,17-14+,18-15-,22-20+. The molecule has 3 N–H and O–H groups in total. The Hall–Kier alpha value is -2.18. The van der Waals surface area contributed by atoms with Crippen LogP contribution in [0.5, 0.6) is 0 Å². The van der Waals surface area contributed by atoms with Crippen molar-refractivity contribution in [2.24, 2.45) is 0 Å². The van der Waals surface area contributed by atoms with Crippen LogP contribution in [0.15, 0.2) is 48.6 Å². The number of aliphatic hydroxyl groups excluding tert-OH is 2. The molecule has 0 aliphatic heterocycles. The molecule has 0 aliphatic carbocycles. The van der Waals surface area contributed by atoms with Gasteiger partial charge in [0, 0.05) is 6.42 Å². The molecule has 0 aliphatic rings. The number of rotatable bonds is 44. The summed E-state index contributed by atoms with van der Waals surface area (Å²) >= 11 is 0. The topological polar surface area (TPSA) is 95.9 Å². The fraction of sp³-hybridized carbons (Fsp3) is 0.808. The van der Waals surface area contributed by atoms with E-state index in [4.69, 9.17) is 4.74 Å². The molecule has 3 unspecified atom stereocenters. The monoisotopic (exact) mass is 814 g/mol. The van der Waals surface area contributed by atoms with Crippen molar-refractivity contribution in [1.29, 1.82) is 0 Å². The van der Waals surface area contributed by atoms with Crippen molar-refractivity contribution in [3.05, 3.63) is 48.6 Å². The maximum atomic E-state index is 13.1. The number of hydrogen-bond donors (Lipinski definition) is 3. The van der Waals surface area contributed by atoms with E-state index in [-0.39, 0.29) is 24.9 Å². The van der Waals surface area contributed by atoms with Gasteiger partial charge in [-0.25, -0.2) is 0 Å². The lowest BCUT2D eigenvalue weighted by Crippen LogP contribution is -2.46. The molecule has 0 spiro atoms. The summed E-state index contributed by atoms with van der Waals surface area (Å²) in [5.74, 6) is -0.503. The van der Waals surface area contributed by atoms with Gasteiger partial charge < -0.3 is 20.3 Å². The highest BCUT2D eigenvalue weighted by atomic mass is 16.5. The van der Waals surface area contributed by atoms with Gasteiger partial charge in [-0.3, -0.25) is 9.59 Å². The molecule has 0 aromatic heterocycles. The van der Waals surface area contributed by atoms with Crippen molar-refractivity contribution in [1.82, 2.24) is 5.32 Å². The first-order valence-corrected chi connectivity index (χ1v) is 24.9. The summed E-state index contributed by atoms with van der Waals surface area (Å²) in [6, 6.07) is -0.707. The predicted molar refractivity (Wildman–Crippen MR) is 250 cm³/mol. The molecule has 0 saturated heterocycles. The Morgan fingerprint density at radius 3 is 1.52 bits per heavy atom. The zero-order valence-electron chi connectivity index (χ0n) is 38.4. The highest BCUT2D eigenvalue weighted by Crippen LogP contribution is 2.18. The largest absolute Gasteiger partial charge is 0.462 e. The third-order valence-electron chi connectivity index (χ3n) is 11.2. The molecule has 1 amide bonds. The van der Waals surface area contributed by atoms with Crippen LogP contribution in [0.3, 0.4) is 0 Å². The number of amides is 1. The smallest absolute Gasteiger partial charge is 0.306 e. The molecule has 0 fully saturated rings. The number of nitrogens with one attached hydrogen (secondary N) is 1. The molecule has 338 valence electrons. The number of allylic oxidation sites excluding steroid dienone is 8. The van der Waals surface area contributed by atoms with Crippen LogP contribution in [-0.2, 0) is 14.3 Å². The molecule has 0 rings (SSSR count). The maximum absolute atomic E-state index is 13.1. The van der Waals surface area contributed by atoms with Crippen molar-refractivity contribution in [3.8, 4) is 0 Å². The van der Waals surface area contributed by atoms with E-state index in [1.54, 1.807) is 0 Å². The van der Waals surface area contributed by atoms with E-state index in [0.717, 1.165) is 83.5 Å². The van der Waals surface area contributed by atoms with Gasteiger partial charge in [-0.1, -0.05) is 217 Å². The van der Waals surface area contributed by atoms with Crippen molar-refractivity contribution in [2.45, 2.75) is 264 Å². The zero-order chi connectivity index (χ0) is 42.4. The Kier molecular flexibility index (Phi) is 44.2. The van der Waals surface area contributed by atoms with Gasteiger partial charge in [-0.2, -0.15) is 0 Å². The van der Waals surface area contributed by atoms with Crippen molar-refractivity contribution in [3.63, 3.8) is 0 Å². The number of carbonyl (C=O) groups is 2. The van der Waals surface area contributed by atoms with Crippen LogP contribution in [0.25, 0.3) is 0 Å². The second-order valence-corrected chi connectivity index (χ2v) is 16.9. The fourth-order valence-corrected chi connectivity index (χ4v) is 7.41. The third kappa shape index (κ3) is 40.6. The number of ether oxygens (including phenoxy) is 1. The fourth-order valence-electron chi connectivity index (χ4n) is 7.41. The molecule has 0 aromatic carbocycles. The quantitative estimate of drug-likeness (QED) is 0.0246. The van der Waals surface area contributed by atoms with E-state index < -0.39 is 18.2 Å². The number of esters is 1. The zero-order valence-corrected chi connectivity index (χ0v) is 38.4. The highest BCUT2D eigenvalue weighted by molar-refractivity contribution is 5.77. The number of aliphatic hydroxyl groups is 2. The van der Waals surface area contributed by atoms with Gasteiger partial charge in [0.2, 0.25) is 5.91 Å². The van der Waals surface area contributed by atoms with Gasteiger partial charge in [-0.05, 0) is 64.2 Å². The molecule has 0 bridgehead atoms. The normalized spacial score (nSPS) is 13.7. The summed E-state index contributed by atoms with van der Waals surface area (Å²) in [6.07, 6.45) is 54.6. The molecule has 3 atom stereocenters. The van der Waals surface area contributed by atoms with Crippen molar-refractivity contribution >= 4 is 11.9 Å². The SMILES string of the molecule is CC/C=C/C=C/C=C/CCCCCCCCCC(=O)OC(CCCCC/C=C\CCCC)CC(=O)NC(CO)C(O)CCCCCCCCCCCCCCCCC. The summed E-state index contributed by atoms with van der Waals surface area (Å²) in [4.78, 5) is 26.0. The average Bonchev–Trinajstić information content (AvgIpc) is 3.22. The molecule has 6 heteroatoms. The third-order valence-corrected chi connectivity index (χ3v) is 11.2. The lowest BCUT2D eigenvalue weighted by molar-refractivity contribution is -0.151. The first kappa shape index (κ1) is 55.8. The molecular formula is C52H95NO5. The average molecular weight is 814 g/mol. The van der Waals surface area contributed by atoms with Crippen LogP contribution in [-0.4, -0.2) is 46.9 Å². The summed E-state index contributed by atoms with van der Waals surface area (Å²) < 4.78 is 5.89. The van der Waals surface area contributed by atoms with E-state index in [0.29, 0.717) is 19.3 Å². The molecule has 0 radical (unpaired) electrons. The second-order valence-electron chi connectivity index (χ2n) is 16.9. The molecular weight excluding hydrogens is 719 g/mol. The maximum Gasteiger partial charge on any atom is 0.306 e. The van der Waals surface area contributed by atoms with Gasteiger partial charge in [0.25, 0.3) is 0 Å². The Labute approximate surface area is 359 Å². The first-order chi connectivity index (χ1) is 28.5. The first-order valence-electron chi connectivity index (χ1n) is 24.9. The van der Waals surface area contributed by atoms with Crippen LogP contribution in [0, 0.1) is 0 Å². The Balaban J connectivity index is 4.48. The summed E-state index contributed by atoms with van der Waals surface area (Å²) in [7, 11) is 0. The van der Waals surface area contributed by atoms with E-state index in [2.05, 4.69) is 74.7 Å². The number of carbonyl (C=O) groups excluding carboxylic acids is 2. The second kappa shape index (κ2) is 45.9.